The first-order valence-corrected chi connectivity index (χ1v) is 8.21. The Morgan fingerprint density at radius 1 is 1.45 bits per heavy atom. The maximum Gasteiger partial charge on any atom is 0.236 e. The second-order valence-corrected chi connectivity index (χ2v) is 7.00. The summed E-state index contributed by atoms with van der Waals surface area (Å²) in [6.45, 7) is 5.63. The number of hydrogen-bond donors (Lipinski definition) is 2. The lowest BCUT2D eigenvalue weighted by Gasteiger charge is -2.17. The minimum atomic E-state index is -1.49. The number of nitrogens with two attached hydrogens (primary N) is 1. The third-order valence-corrected chi connectivity index (χ3v) is 4.89. The highest BCUT2D eigenvalue weighted by molar-refractivity contribution is 7.86. The van der Waals surface area contributed by atoms with Gasteiger partial charge in [-0.1, -0.05) is 24.9 Å². The Bertz CT molecular complexity index is 508. The molecule has 0 heterocycles. The number of carbonyl (C=O) groups excluding carboxylic acids is 1. The maximum atomic E-state index is 12.4. The van der Waals surface area contributed by atoms with E-state index in [2.05, 4.69) is 12.2 Å². The van der Waals surface area contributed by atoms with Gasteiger partial charge >= 0.3 is 0 Å². The van der Waals surface area contributed by atoms with Crippen LogP contribution in [0.4, 0.5) is 5.69 Å². The van der Waals surface area contributed by atoms with Crippen LogP contribution in [-0.4, -0.2) is 21.4 Å². The summed E-state index contributed by atoms with van der Waals surface area (Å²) < 4.78 is 12.4. The number of nitrogens with one attached hydrogen (secondary N) is 1. The van der Waals surface area contributed by atoms with Crippen LogP contribution in [0.2, 0.25) is 5.02 Å². The highest BCUT2D eigenvalue weighted by Crippen LogP contribution is 2.23. The minimum absolute atomic E-state index is 0.0783. The van der Waals surface area contributed by atoms with Gasteiger partial charge in [0.05, 0.1) is 15.7 Å². The first-order valence-electron chi connectivity index (χ1n) is 6.62. The van der Waals surface area contributed by atoms with Gasteiger partial charge < -0.3 is 11.1 Å². The monoisotopic (exact) mass is 316 g/mol. The molecule has 1 aromatic rings. The molecule has 0 saturated carbocycles. The number of amides is 1. The molecular weight excluding hydrogens is 296 g/mol. The van der Waals surface area contributed by atoms with E-state index in [1.54, 1.807) is 25.1 Å². The summed E-state index contributed by atoms with van der Waals surface area (Å²) in [7, 11) is -1.49. The van der Waals surface area contributed by atoms with Crippen molar-refractivity contribution in [3.05, 3.63) is 23.2 Å². The van der Waals surface area contributed by atoms with Crippen molar-refractivity contribution in [1.29, 1.82) is 0 Å². The lowest BCUT2D eigenvalue weighted by atomic mass is 10.2. The maximum absolute atomic E-state index is 12.4. The highest BCUT2D eigenvalue weighted by Gasteiger charge is 2.23. The molecule has 0 spiro atoms. The molecule has 0 aliphatic rings. The molecule has 0 bridgehead atoms. The molecule has 1 amide bonds. The number of rotatable bonds is 6. The minimum Gasteiger partial charge on any atom is -0.398 e. The van der Waals surface area contributed by atoms with Crippen molar-refractivity contribution in [2.24, 2.45) is 0 Å². The molecule has 0 fully saturated rings. The Morgan fingerprint density at radius 2 is 2.10 bits per heavy atom. The summed E-state index contributed by atoms with van der Waals surface area (Å²) in [6.07, 6.45) is 1.89. The molecule has 0 aromatic heterocycles. The van der Waals surface area contributed by atoms with Crippen LogP contribution in [0, 0.1) is 0 Å². The summed E-state index contributed by atoms with van der Waals surface area (Å²) in [5.74, 6) is -0.223. The zero-order valence-electron chi connectivity index (χ0n) is 12.0. The summed E-state index contributed by atoms with van der Waals surface area (Å²) in [5.41, 5.74) is 6.14. The van der Waals surface area contributed by atoms with E-state index in [1.807, 2.05) is 6.92 Å². The van der Waals surface area contributed by atoms with E-state index in [0.717, 1.165) is 12.8 Å². The van der Waals surface area contributed by atoms with Crippen molar-refractivity contribution in [1.82, 2.24) is 5.32 Å². The first-order chi connectivity index (χ1) is 9.36. The number of hydrogen-bond acceptors (Lipinski definition) is 3. The molecule has 4 nitrogen and oxygen atoms in total. The number of benzene rings is 1. The van der Waals surface area contributed by atoms with Crippen LogP contribution in [0.1, 0.15) is 33.6 Å². The smallest absolute Gasteiger partial charge is 0.236 e. The Morgan fingerprint density at radius 3 is 2.65 bits per heavy atom. The second-order valence-electron chi connectivity index (χ2n) is 4.82. The van der Waals surface area contributed by atoms with Gasteiger partial charge in [-0.2, -0.15) is 0 Å². The van der Waals surface area contributed by atoms with E-state index in [-0.39, 0.29) is 11.9 Å². The van der Waals surface area contributed by atoms with Crippen molar-refractivity contribution in [3.63, 3.8) is 0 Å². The fourth-order valence-electron chi connectivity index (χ4n) is 1.86. The van der Waals surface area contributed by atoms with Gasteiger partial charge in [0.1, 0.15) is 5.25 Å². The van der Waals surface area contributed by atoms with Crippen LogP contribution in [-0.2, 0) is 15.6 Å². The van der Waals surface area contributed by atoms with E-state index in [4.69, 9.17) is 17.3 Å². The largest absolute Gasteiger partial charge is 0.398 e. The molecule has 20 heavy (non-hydrogen) atoms. The standard InChI is InChI=1S/C14H21ClN2O2S/c1-4-5-9(2)17-14(18)10(3)20(19)13-7-6-11(15)8-12(13)16/h6-10H,4-5,16H2,1-3H3,(H,17,18). The highest BCUT2D eigenvalue weighted by atomic mass is 35.5. The third-order valence-electron chi connectivity index (χ3n) is 2.99. The van der Waals surface area contributed by atoms with E-state index < -0.39 is 16.0 Å². The van der Waals surface area contributed by atoms with Crippen molar-refractivity contribution in [2.75, 3.05) is 5.73 Å². The van der Waals surface area contributed by atoms with Gasteiger partial charge in [-0.3, -0.25) is 9.00 Å². The van der Waals surface area contributed by atoms with Crippen molar-refractivity contribution in [3.8, 4) is 0 Å². The lowest BCUT2D eigenvalue weighted by molar-refractivity contribution is -0.121. The molecule has 0 aliphatic carbocycles. The third kappa shape index (κ3) is 4.49. The predicted octanol–water partition coefficient (Wildman–Crippen LogP) is 2.72. The van der Waals surface area contributed by atoms with Gasteiger partial charge in [-0.25, -0.2) is 0 Å². The number of carbonyl (C=O) groups is 1. The van der Waals surface area contributed by atoms with Crippen molar-refractivity contribution < 1.29 is 9.00 Å². The Balaban J connectivity index is 2.78. The molecule has 1 aromatic carbocycles. The molecule has 1 rings (SSSR count). The van der Waals surface area contributed by atoms with E-state index in [1.165, 1.54) is 0 Å². The summed E-state index contributed by atoms with van der Waals surface area (Å²) >= 11 is 5.81. The number of nitrogen functional groups attached to an aromatic ring is 1. The van der Waals surface area contributed by atoms with Gasteiger partial charge in [-0.15, -0.1) is 0 Å². The molecule has 3 atom stereocenters. The Labute approximate surface area is 127 Å². The van der Waals surface area contributed by atoms with Gasteiger partial charge in [0, 0.05) is 16.8 Å². The molecule has 6 heteroatoms. The average Bonchev–Trinajstić information content (AvgIpc) is 2.37. The predicted molar refractivity (Wildman–Crippen MR) is 84.2 cm³/mol. The van der Waals surface area contributed by atoms with Gasteiger partial charge in [0.15, 0.2) is 0 Å². The van der Waals surface area contributed by atoms with Crippen LogP contribution in [0.5, 0.6) is 0 Å². The van der Waals surface area contributed by atoms with Crippen LogP contribution >= 0.6 is 11.6 Å². The van der Waals surface area contributed by atoms with Crippen LogP contribution in [0.3, 0.4) is 0 Å². The normalized spacial score (nSPS) is 15.4. The fraction of sp³-hybridized carbons (Fsp3) is 0.500. The van der Waals surface area contributed by atoms with Crippen molar-refractivity contribution >= 4 is 34.0 Å². The van der Waals surface area contributed by atoms with Crippen LogP contribution in [0.15, 0.2) is 23.1 Å². The summed E-state index contributed by atoms with van der Waals surface area (Å²) in [6, 6.07) is 4.84. The molecule has 3 unspecified atom stereocenters. The summed E-state index contributed by atoms with van der Waals surface area (Å²) in [4.78, 5) is 12.5. The second kappa shape index (κ2) is 7.64. The quantitative estimate of drug-likeness (QED) is 0.793. The van der Waals surface area contributed by atoms with Gasteiger partial charge in [0.2, 0.25) is 5.91 Å². The SMILES string of the molecule is CCCC(C)NC(=O)C(C)S(=O)c1ccc(Cl)cc1N. The molecule has 3 N–H and O–H groups in total. The molecular formula is C14H21ClN2O2S. The topological polar surface area (TPSA) is 72.2 Å². The first kappa shape index (κ1) is 17.0. The summed E-state index contributed by atoms with van der Waals surface area (Å²) in [5, 5.41) is 2.69. The molecule has 0 saturated heterocycles. The lowest BCUT2D eigenvalue weighted by Crippen LogP contribution is -2.40. The zero-order valence-corrected chi connectivity index (χ0v) is 13.6. The van der Waals surface area contributed by atoms with E-state index in [0.29, 0.717) is 15.6 Å². The molecule has 0 radical (unpaired) electrons. The Kier molecular flexibility index (Phi) is 6.49. The average molecular weight is 317 g/mol. The van der Waals surface area contributed by atoms with E-state index >= 15 is 0 Å². The molecule has 0 aliphatic heterocycles. The zero-order chi connectivity index (χ0) is 15.3. The number of anilines is 1. The van der Waals surface area contributed by atoms with Gasteiger partial charge in [0.25, 0.3) is 0 Å². The van der Waals surface area contributed by atoms with Crippen LogP contribution < -0.4 is 11.1 Å². The van der Waals surface area contributed by atoms with Crippen molar-refractivity contribution in [2.45, 2.75) is 49.8 Å². The molecule has 112 valence electrons. The Hall–Kier alpha value is -1.07. The van der Waals surface area contributed by atoms with E-state index in [9.17, 15) is 9.00 Å². The van der Waals surface area contributed by atoms with Gasteiger partial charge in [-0.05, 0) is 38.5 Å². The number of halogens is 1. The van der Waals surface area contributed by atoms with Crippen LogP contribution in [0.25, 0.3) is 0 Å². The fourth-order valence-corrected chi connectivity index (χ4v) is 3.17.